The van der Waals surface area contributed by atoms with Gasteiger partial charge in [-0.3, -0.25) is 4.79 Å². The predicted molar refractivity (Wildman–Crippen MR) is 111 cm³/mol. The zero-order chi connectivity index (χ0) is 21.2. The molecule has 29 heavy (non-hydrogen) atoms. The summed E-state index contributed by atoms with van der Waals surface area (Å²) in [6, 6.07) is 11.6. The van der Waals surface area contributed by atoms with Crippen molar-refractivity contribution in [3.05, 3.63) is 54.1 Å². The Morgan fingerprint density at radius 2 is 1.52 bits per heavy atom. The van der Waals surface area contributed by atoms with E-state index in [1.54, 1.807) is 0 Å². The van der Waals surface area contributed by atoms with E-state index in [4.69, 9.17) is 0 Å². The topological polar surface area (TPSA) is 101 Å². The number of hydrogen-bond donors (Lipinski definition) is 1. The Morgan fingerprint density at radius 3 is 2.07 bits per heavy atom. The quantitative estimate of drug-likeness (QED) is 0.777. The molecule has 0 aromatic heterocycles. The summed E-state index contributed by atoms with van der Waals surface area (Å²) in [6.07, 6.45) is 3.83. The zero-order valence-corrected chi connectivity index (χ0v) is 18.0. The van der Waals surface area contributed by atoms with Crippen LogP contribution >= 0.6 is 0 Å². The number of sulfonamides is 1. The first-order valence-corrected chi connectivity index (χ1v) is 12.7. The third-order valence-corrected chi connectivity index (χ3v) is 8.16. The number of nitrogens with zero attached hydrogens (tertiary/aromatic N) is 1. The summed E-state index contributed by atoms with van der Waals surface area (Å²) in [5.74, 6) is -0.410. The van der Waals surface area contributed by atoms with Gasteiger partial charge in [0.1, 0.15) is 0 Å². The third-order valence-electron chi connectivity index (χ3n) is 5.01. The lowest BCUT2D eigenvalue weighted by atomic mass is 10.1. The van der Waals surface area contributed by atoms with E-state index in [2.05, 4.69) is 5.32 Å². The summed E-state index contributed by atoms with van der Waals surface area (Å²) < 4.78 is 50.2. The van der Waals surface area contributed by atoms with Crippen LogP contribution in [0.3, 0.4) is 0 Å². The average Bonchev–Trinajstić information content (AvgIpc) is 2.68. The minimum Gasteiger partial charge on any atom is -0.322 e. The van der Waals surface area contributed by atoms with Gasteiger partial charge >= 0.3 is 0 Å². The molecule has 1 heterocycles. The average molecular weight is 437 g/mol. The first-order chi connectivity index (χ1) is 13.6. The van der Waals surface area contributed by atoms with Crippen molar-refractivity contribution in [2.75, 3.05) is 18.1 Å². The van der Waals surface area contributed by atoms with Crippen LogP contribution in [0.25, 0.3) is 0 Å². The fourth-order valence-corrected chi connectivity index (χ4v) is 5.66. The summed E-state index contributed by atoms with van der Waals surface area (Å²) >= 11 is 0. The molecule has 1 saturated heterocycles. The third kappa shape index (κ3) is 4.85. The van der Waals surface area contributed by atoms with Gasteiger partial charge in [-0.05, 0) is 68.3 Å². The molecule has 156 valence electrons. The van der Waals surface area contributed by atoms with Crippen molar-refractivity contribution >= 4 is 31.5 Å². The Labute approximate surface area is 171 Å². The molecule has 0 spiro atoms. The van der Waals surface area contributed by atoms with E-state index in [0.29, 0.717) is 17.8 Å². The number of carbonyl (C=O) groups is 1. The van der Waals surface area contributed by atoms with E-state index in [0.717, 1.165) is 25.5 Å². The maximum Gasteiger partial charge on any atom is 0.255 e. The molecule has 1 atom stereocenters. The molecule has 1 aliphatic rings. The number of anilines is 1. The van der Waals surface area contributed by atoms with Crippen molar-refractivity contribution in [2.24, 2.45) is 0 Å². The highest BCUT2D eigenvalue weighted by atomic mass is 32.2. The molecule has 9 heteroatoms. The van der Waals surface area contributed by atoms with Gasteiger partial charge in [-0.2, -0.15) is 4.31 Å². The minimum atomic E-state index is -3.59. The molecular formula is C20H24N2O5S2. The van der Waals surface area contributed by atoms with Gasteiger partial charge in [0.05, 0.1) is 9.79 Å². The molecule has 0 saturated carbocycles. The highest BCUT2D eigenvalue weighted by molar-refractivity contribution is 7.90. The van der Waals surface area contributed by atoms with Crippen molar-refractivity contribution in [3.8, 4) is 0 Å². The second-order valence-electron chi connectivity index (χ2n) is 7.24. The SMILES string of the molecule is CC1CCCCN1S(=O)(=O)c1ccc(C(=O)Nc2ccc(S(C)(=O)=O)cc2)cc1. The Morgan fingerprint density at radius 1 is 0.931 bits per heavy atom. The highest BCUT2D eigenvalue weighted by Crippen LogP contribution is 2.25. The van der Waals surface area contributed by atoms with Crippen molar-refractivity contribution in [2.45, 2.75) is 42.0 Å². The standard InChI is InChI=1S/C20H24N2O5S2/c1-15-5-3-4-14-22(15)29(26,27)19-10-6-16(7-11-19)20(23)21-17-8-12-18(13-9-17)28(2,24)25/h6-13,15H,3-5,14H2,1-2H3,(H,21,23). The summed E-state index contributed by atoms with van der Waals surface area (Å²) in [4.78, 5) is 12.8. The summed E-state index contributed by atoms with van der Waals surface area (Å²) in [7, 11) is -6.89. The molecule has 1 N–H and O–H groups in total. The van der Waals surface area contributed by atoms with Gasteiger partial charge in [0.25, 0.3) is 5.91 Å². The van der Waals surface area contributed by atoms with E-state index in [9.17, 15) is 21.6 Å². The molecule has 2 aromatic rings. The van der Waals surface area contributed by atoms with E-state index >= 15 is 0 Å². The van der Waals surface area contributed by atoms with Crippen LogP contribution in [-0.4, -0.2) is 45.9 Å². The number of rotatable bonds is 5. The Balaban J connectivity index is 1.73. The Bertz CT molecular complexity index is 1090. The molecular weight excluding hydrogens is 412 g/mol. The van der Waals surface area contributed by atoms with Crippen LogP contribution in [0.2, 0.25) is 0 Å². The largest absolute Gasteiger partial charge is 0.322 e. The van der Waals surface area contributed by atoms with E-state index in [1.807, 2.05) is 6.92 Å². The normalized spacial score (nSPS) is 18.3. The molecule has 1 unspecified atom stereocenters. The van der Waals surface area contributed by atoms with Crippen molar-refractivity contribution in [1.82, 2.24) is 4.31 Å². The van der Waals surface area contributed by atoms with Gasteiger partial charge in [-0.25, -0.2) is 16.8 Å². The lowest BCUT2D eigenvalue weighted by molar-refractivity contribution is 0.102. The fourth-order valence-electron chi connectivity index (χ4n) is 3.33. The van der Waals surface area contributed by atoms with Gasteiger partial charge < -0.3 is 5.32 Å². The second kappa shape index (κ2) is 8.25. The van der Waals surface area contributed by atoms with Crippen LogP contribution in [0.1, 0.15) is 36.5 Å². The summed E-state index contributed by atoms with van der Waals surface area (Å²) in [5, 5.41) is 2.67. The number of amides is 1. The molecule has 1 fully saturated rings. The minimum absolute atomic E-state index is 0.0355. The molecule has 0 bridgehead atoms. The van der Waals surface area contributed by atoms with Gasteiger partial charge in [-0.1, -0.05) is 6.42 Å². The lowest BCUT2D eigenvalue weighted by Crippen LogP contribution is -2.41. The van der Waals surface area contributed by atoms with Gasteiger partial charge in [-0.15, -0.1) is 0 Å². The van der Waals surface area contributed by atoms with Crippen molar-refractivity contribution in [1.29, 1.82) is 0 Å². The van der Waals surface area contributed by atoms with Crippen LogP contribution < -0.4 is 5.32 Å². The molecule has 7 nitrogen and oxygen atoms in total. The number of piperidine rings is 1. The van der Waals surface area contributed by atoms with Crippen LogP contribution in [0, 0.1) is 0 Å². The molecule has 2 aromatic carbocycles. The van der Waals surface area contributed by atoms with Crippen LogP contribution in [0.15, 0.2) is 58.3 Å². The fraction of sp³-hybridized carbons (Fsp3) is 0.350. The Hall–Kier alpha value is -2.23. The predicted octanol–water partition coefficient (Wildman–Crippen LogP) is 2.91. The van der Waals surface area contributed by atoms with Crippen LogP contribution in [-0.2, 0) is 19.9 Å². The van der Waals surface area contributed by atoms with Crippen LogP contribution in [0.4, 0.5) is 5.69 Å². The second-order valence-corrected chi connectivity index (χ2v) is 11.1. The van der Waals surface area contributed by atoms with E-state index in [1.165, 1.54) is 52.8 Å². The Kier molecular flexibility index (Phi) is 6.11. The maximum atomic E-state index is 12.9. The summed E-state index contributed by atoms with van der Waals surface area (Å²) in [6.45, 7) is 2.42. The van der Waals surface area contributed by atoms with Gasteiger partial charge in [0, 0.05) is 30.1 Å². The number of nitrogens with one attached hydrogen (secondary N) is 1. The number of hydrogen-bond acceptors (Lipinski definition) is 5. The van der Waals surface area contributed by atoms with Gasteiger partial charge in [0.2, 0.25) is 10.0 Å². The monoisotopic (exact) mass is 436 g/mol. The van der Waals surface area contributed by atoms with Gasteiger partial charge in [0.15, 0.2) is 9.84 Å². The molecule has 1 aliphatic heterocycles. The highest BCUT2D eigenvalue weighted by Gasteiger charge is 2.30. The molecule has 0 radical (unpaired) electrons. The molecule has 1 amide bonds. The molecule has 0 aliphatic carbocycles. The lowest BCUT2D eigenvalue weighted by Gasteiger charge is -2.32. The van der Waals surface area contributed by atoms with Crippen molar-refractivity contribution < 1.29 is 21.6 Å². The van der Waals surface area contributed by atoms with Crippen LogP contribution in [0.5, 0.6) is 0 Å². The van der Waals surface area contributed by atoms with Crippen molar-refractivity contribution in [3.63, 3.8) is 0 Å². The number of sulfone groups is 1. The summed E-state index contributed by atoms with van der Waals surface area (Å²) in [5.41, 5.74) is 0.754. The maximum absolute atomic E-state index is 12.9. The van der Waals surface area contributed by atoms with E-state index < -0.39 is 25.8 Å². The molecule has 3 rings (SSSR count). The number of benzene rings is 2. The first-order valence-electron chi connectivity index (χ1n) is 9.32. The zero-order valence-electron chi connectivity index (χ0n) is 16.3. The van der Waals surface area contributed by atoms with E-state index in [-0.39, 0.29) is 15.8 Å². The number of carbonyl (C=O) groups excluding carboxylic acids is 1. The smallest absolute Gasteiger partial charge is 0.255 e. The first kappa shape index (κ1) is 21.5.